The van der Waals surface area contributed by atoms with Crippen LogP contribution in [0.1, 0.15) is 22.3 Å². The van der Waals surface area contributed by atoms with Crippen LogP contribution in [0, 0.1) is 6.92 Å². The predicted octanol–water partition coefficient (Wildman–Crippen LogP) is 5.71. The molecule has 1 heteroatoms. The number of nitrogens with zero attached hydrogens (tertiary/aromatic N) is 1. The largest absolute Gasteiger partial charge is 0.291 e. The topological polar surface area (TPSA) is 3.24 Å². The maximum absolute atomic E-state index is 2.47. The smallest absolute Gasteiger partial charge is 0.0240 e. The Morgan fingerprint density at radius 2 is 1.32 bits per heavy atom. The summed E-state index contributed by atoms with van der Waals surface area (Å²) in [5.74, 6) is 0. The first kappa shape index (κ1) is 17.2. The van der Waals surface area contributed by atoms with Crippen molar-refractivity contribution in [3.05, 3.63) is 113 Å². The molecule has 1 nitrogen and oxygen atoms in total. The van der Waals surface area contributed by atoms with Gasteiger partial charge in [0.05, 0.1) is 0 Å². The third-order valence-electron chi connectivity index (χ3n) is 4.21. The van der Waals surface area contributed by atoms with E-state index in [1.807, 2.05) is 0 Å². The minimum atomic E-state index is 0.928. The lowest BCUT2D eigenvalue weighted by Gasteiger charge is -2.21. The molecule has 0 heterocycles. The molecule has 0 fully saturated rings. The lowest BCUT2D eigenvalue weighted by atomic mass is 10.1. The second kappa shape index (κ2) is 9.00. The summed E-state index contributed by atoms with van der Waals surface area (Å²) in [6, 6.07) is 30.0. The molecule has 0 aliphatic heterocycles. The maximum Gasteiger partial charge on any atom is 0.0240 e. The molecule has 0 aliphatic carbocycles. The lowest BCUT2D eigenvalue weighted by Crippen LogP contribution is -2.22. The van der Waals surface area contributed by atoms with E-state index in [1.165, 1.54) is 22.3 Å². The van der Waals surface area contributed by atoms with Crippen LogP contribution in [0.3, 0.4) is 0 Å². The Balaban J connectivity index is 1.69. The van der Waals surface area contributed by atoms with Gasteiger partial charge in [-0.25, -0.2) is 0 Å². The molecule has 0 unspecified atom stereocenters. The van der Waals surface area contributed by atoms with Gasteiger partial charge in [-0.05, 0) is 23.6 Å². The van der Waals surface area contributed by atoms with E-state index >= 15 is 0 Å². The Hall–Kier alpha value is -2.64. The van der Waals surface area contributed by atoms with Crippen molar-refractivity contribution >= 4 is 6.08 Å². The zero-order chi connectivity index (χ0) is 17.3. The summed E-state index contributed by atoms with van der Waals surface area (Å²) in [7, 11) is 0. The Kier molecular flexibility index (Phi) is 6.19. The summed E-state index contributed by atoms with van der Waals surface area (Å²) in [5, 5.41) is 0. The van der Waals surface area contributed by atoms with Crippen LogP contribution in [0.5, 0.6) is 0 Å². The lowest BCUT2D eigenvalue weighted by molar-refractivity contribution is 0.286. The highest BCUT2D eigenvalue weighted by Gasteiger charge is 2.05. The molecule has 0 spiro atoms. The maximum atomic E-state index is 2.47. The molecule has 0 saturated heterocycles. The average Bonchev–Trinajstić information content (AvgIpc) is 2.63. The van der Waals surface area contributed by atoms with Gasteiger partial charge in [0.15, 0.2) is 0 Å². The fraction of sp³-hybridized carbons (Fsp3) is 0.167. The van der Waals surface area contributed by atoms with Crippen molar-refractivity contribution in [1.82, 2.24) is 4.90 Å². The van der Waals surface area contributed by atoms with Gasteiger partial charge in [-0.2, -0.15) is 0 Å². The number of benzene rings is 3. The van der Waals surface area contributed by atoms with E-state index in [-0.39, 0.29) is 0 Å². The van der Waals surface area contributed by atoms with E-state index < -0.39 is 0 Å². The van der Waals surface area contributed by atoms with Crippen molar-refractivity contribution < 1.29 is 0 Å². The monoisotopic (exact) mass is 327 g/mol. The first-order valence-electron chi connectivity index (χ1n) is 8.83. The molecule has 0 amide bonds. The van der Waals surface area contributed by atoms with Crippen LogP contribution in [0.15, 0.2) is 91.0 Å². The Morgan fingerprint density at radius 3 is 1.88 bits per heavy atom. The second-order valence-electron chi connectivity index (χ2n) is 6.46. The molecule has 0 atom stereocenters. The zero-order valence-corrected chi connectivity index (χ0v) is 14.8. The van der Waals surface area contributed by atoms with Gasteiger partial charge in [-0.3, -0.25) is 4.90 Å². The van der Waals surface area contributed by atoms with Crippen LogP contribution in [0.4, 0.5) is 0 Å². The average molecular weight is 327 g/mol. The van der Waals surface area contributed by atoms with E-state index in [2.05, 4.69) is 109 Å². The van der Waals surface area contributed by atoms with Gasteiger partial charge < -0.3 is 0 Å². The van der Waals surface area contributed by atoms with Gasteiger partial charge in [0.2, 0.25) is 0 Å². The number of rotatable bonds is 7. The second-order valence-corrected chi connectivity index (χ2v) is 6.46. The number of aryl methyl sites for hydroxylation is 1. The van der Waals surface area contributed by atoms with Gasteiger partial charge in [0, 0.05) is 19.6 Å². The molecule has 3 rings (SSSR count). The van der Waals surface area contributed by atoms with Crippen LogP contribution in [0.25, 0.3) is 6.08 Å². The summed E-state index contributed by atoms with van der Waals surface area (Å²) in [6.07, 6.45) is 4.48. The Morgan fingerprint density at radius 1 is 0.720 bits per heavy atom. The molecular formula is C24H25N. The third-order valence-corrected chi connectivity index (χ3v) is 4.21. The highest BCUT2D eigenvalue weighted by Crippen LogP contribution is 2.11. The highest BCUT2D eigenvalue weighted by atomic mass is 15.1. The molecule has 0 aliphatic rings. The summed E-state index contributed by atoms with van der Waals surface area (Å²) >= 11 is 0. The fourth-order valence-electron chi connectivity index (χ4n) is 2.98. The Bertz CT molecular complexity index is 749. The first-order chi connectivity index (χ1) is 12.3. The molecule has 0 N–H and O–H groups in total. The van der Waals surface area contributed by atoms with Gasteiger partial charge in [-0.15, -0.1) is 0 Å². The molecule has 3 aromatic carbocycles. The summed E-state index contributed by atoms with van der Waals surface area (Å²) in [5.41, 5.74) is 5.26. The SMILES string of the molecule is Cc1cccc(/C=C\CN(Cc2ccccc2)Cc2ccccc2)c1. The van der Waals surface area contributed by atoms with Crippen molar-refractivity contribution in [2.45, 2.75) is 20.0 Å². The van der Waals surface area contributed by atoms with E-state index in [4.69, 9.17) is 0 Å². The summed E-state index contributed by atoms with van der Waals surface area (Å²) in [6.45, 7) is 4.97. The fourth-order valence-corrected chi connectivity index (χ4v) is 2.98. The van der Waals surface area contributed by atoms with Crippen molar-refractivity contribution in [1.29, 1.82) is 0 Å². The number of hydrogen-bond donors (Lipinski definition) is 0. The Labute approximate surface area is 151 Å². The van der Waals surface area contributed by atoms with Crippen LogP contribution >= 0.6 is 0 Å². The van der Waals surface area contributed by atoms with Crippen molar-refractivity contribution in [2.24, 2.45) is 0 Å². The van der Waals surface area contributed by atoms with E-state index in [9.17, 15) is 0 Å². The van der Waals surface area contributed by atoms with Crippen LogP contribution in [-0.2, 0) is 13.1 Å². The molecule has 25 heavy (non-hydrogen) atoms. The van der Waals surface area contributed by atoms with Gasteiger partial charge in [0.1, 0.15) is 0 Å². The minimum Gasteiger partial charge on any atom is -0.291 e. The first-order valence-corrected chi connectivity index (χ1v) is 8.83. The molecule has 0 radical (unpaired) electrons. The standard InChI is InChI=1S/C24H25N/c1-21-10-8-15-22(18-21)16-9-17-25(19-23-11-4-2-5-12-23)20-24-13-6-3-7-14-24/h2-16,18H,17,19-20H2,1H3/b16-9-. The van der Waals surface area contributed by atoms with E-state index in [1.54, 1.807) is 0 Å². The van der Waals surface area contributed by atoms with Crippen LogP contribution < -0.4 is 0 Å². The normalized spacial score (nSPS) is 11.3. The molecule has 0 aromatic heterocycles. The summed E-state index contributed by atoms with van der Waals surface area (Å²) < 4.78 is 0. The molecule has 126 valence electrons. The minimum absolute atomic E-state index is 0.928. The van der Waals surface area contributed by atoms with Crippen molar-refractivity contribution in [2.75, 3.05) is 6.54 Å². The van der Waals surface area contributed by atoms with Crippen LogP contribution in [0.2, 0.25) is 0 Å². The predicted molar refractivity (Wildman–Crippen MR) is 107 cm³/mol. The van der Waals surface area contributed by atoms with Crippen molar-refractivity contribution in [3.8, 4) is 0 Å². The van der Waals surface area contributed by atoms with Gasteiger partial charge in [0.25, 0.3) is 0 Å². The van der Waals surface area contributed by atoms with E-state index in [0.29, 0.717) is 0 Å². The third kappa shape index (κ3) is 5.74. The van der Waals surface area contributed by atoms with Gasteiger partial charge in [-0.1, -0.05) is 103 Å². The quantitative estimate of drug-likeness (QED) is 0.537. The van der Waals surface area contributed by atoms with Gasteiger partial charge >= 0.3 is 0 Å². The highest BCUT2D eigenvalue weighted by molar-refractivity contribution is 5.50. The number of hydrogen-bond acceptors (Lipinski definition) is 1. The molecule has 0 bridgehead atoms. The summed E-state index contributed by atoms with van der Waals surface area (Å²) in [4.78, 5) is 2.47. The zero-order valence-electron chi connectivity index (χ0n) is 14.8. The molecule has 3 aromatic rings. The molecule has 0 saturated carbocycles. The molecular weight excluding hydrogens is 302 g/mol. The van der Waals surface area contributed by atoms with Crippen molar-refractivity contribution in [3.63, 3.8) is 0 Å². The van der Waals surface area contributed by atoms with E-state index in [0.717, 1.165) is 19.6 Å². The van der Waals surface area contributed by atoms with Crippen LogP contribution in [-0.4, -0.2) is 11.4 Å².